The Morgan fingerprint density at radius 1 is 1.12 bits per heavy atom. The highest BCUT2D eigenvalue weighted by atomic mass is 35.5. The van der Waals surface area contributed by atoms with E-state index >= 15 is 0 Å². The first kappa shape index (κ1) is 20.1. The fourth-order valence-corrected chi connectivity index (χ4v) is 5.13. The lowest BCUT2D eigenvalue weighted by atomic mass is 10.2. The van der Waals surface area contributed by atoms with Gasteiger partial charge in [-0.25, -0.2) is 0 Å². The molecule has 0 spiro atoms. The lowest BCUT2D eigenvalue weighted by molar-refractivity contribution is -0.136. The van der Waals surface area contributed by atoms with Crippen molar-refractivity contribution in [2.75, 3.05) is 43.0 Å². The first-order valence-corrected chi connectivity index (χ1v) is 10.8. The Labute approximate surface area is 172 Å². The fraction of sp³-hybridized carbons (Fsp3) is 0.529. The average molecular weight is 437 g/mol. The highest BCUT2D eigenvalue weighted by molar-refractivity contribution is 7.99. The molecule has 0 bridgehead atoms. The lowest BCUT2D eigenvalue weighted by Gasteiger charge is -2.32. The van der Waals surface area contributed by atoms with Gasteiger partial charge in [0, 0.05) is 29.6 Å². The highest BCUT2D eigenvalue weighted by Crippen LogP contribution is 2.33. The summed E-state index contributed by atoms with van der Waals surface area (Å²) < 4.78 is 0. The minimum Gasteiger partial charge on any atom is -0.340 e. The third kappa shape index (κ3) is 4.78. The number of halogens is 3. The van der Waals surface area contributed by atoms with Crippen molar-refractivity contribution in [1.82, 2.24) is 9.80 Å². The maximum atomic E-state index is 12.8. The molecule has 0 aromatic heterocycles. The van der Waals surface area contributed by atoms with Gasteiger partial charge in [0.05, 0.1) is 28.3 Å². The van der Waals surface area contributed by atoms with Gasteiger partial charge >= 0.3 is 0 Å². The predicted octanol–water partition coefficient (Wildman–Crippen LogP) is 3.63. The first-order valence-electron chi connectivity index (χ1n) is 8.50. The standard InChI is InChI=1S/C17H20Cl3N3O2S/c18-11-8-12(19)16(13(20)9-11)21-15(24)10-23-3-1-2-14(23)17(25)22-4-6-26-7-5-22/h8-9,14H,1-7,10H2,(H,21,24). The van der Waals surface area contributed by atoms with E-state index in [-0.39, 0.29) is 34.4 Å². The summed E-state index contributed by atoms with van der Waals surface area (Å²) in [5, 5.41) is 3.72. The SMILES string of the molecule is O=C(CN1CCCC1C(=O)N1CCSCC1)Nc1c(Cl)cc(Cl)cc1Cl. The molecule has 2 heterocycles. The van der Waals surface area contributed by atoms with Crippen LogP contribution in [0.5, 0.6) is 0 Å². The number of carbonyl (C=O) groups is 2. The van der Waals surface area contributed by atoms with Gasteiger partial charge in [0.2, 0.25) is 11.8 Å². The molecule has 2 fully saturated rings. The summed E-state index contributed by atoms with van der Waals surface area (Å²) in [4.78, 5) is 29.1. The van der Waals surface area contributed by atoms with E-state index in [9.17, 15) is 9.59 Å². The Morgan fingerprint density at radius 2 is 1.77 bits per heavy atom. The minimum atomic E-state index is -0.245. The number of anilines is 1. The Bertz CT molecular complexity index is 675. The van der Waals surface area contributed by atoms with E-state index in [1.165, 1.54) is 12.1 Å². The number of hydrogen-bond donors (Lipinski definition) is 1. The largest absolute Gasteiger partial charge is 0.340 e. The fourth-order valence-electron chi connectivity index (χ4n) is 3.31. The Morgan fingerprint density at radius 3 is 2.42 bits per heavy atom. The van der Waals surface area contributed by atoms with Crippen LogP contribution in [0.4, 0.5) is 5.69 Å². The van der Waals surface area contributed by atoms with Gasteiger partial charge in [-0.3, -0.25) is 14.5 Å². The van der Waals surface area contributed by atoms with Gasteiger partial charge < -0.3 is 10.2 Å². The van der Waals surface area contributed by atoms with Crippen LogP contribution >= 0.6 is 46.6 Å². The normalized spacial score (nSPS) is 21.0. The number of benzene rings is 1. The third-order valence-corrected chi connectivity index (χ3v) is 6.35. The molecule has 1 unspecified atom stereocenters. The number of nitrogens with one attached hydrogen (secondary N) is 1. The van der Waals surface area contributed by atoms with Gasteiger partial charge in [-0.2, -0.15) is 11.8 Å². The number of thioether (sulfide) groups is 1. The molecule has 0 saturated carbocycles. The molecule has 0 radical (unpaired) electrons. The summed E-state index contributed by atoms with van der Waals surface area (Å²) in [6.07, 6.45) is 1.70. The van der Waals surface area contributed by atoms with E-state index in [0.717, 1.165) is 44.0 Å². The van der Waals surface area contributed by atoms with Gasteiger partial charge in [0.15, 0.2) is 0 Å². The Hall–Kier alpha value is -0.660. The van der Waals surface area contributed by atoms with E-state index < -0.39 is 0 Å². The van der Waals surface area contributed by atoms with Crippen LogP contribution in [0.15, 0.2) is 12.1 Å². The molecule has 142 valence electrons. The van der Waals surface area contributed by atoms with Crippen molar-refractivity contribution in [1.29, 1.82) is 0 Å². The number of amides is 2. The van der Waals surface area contributed by atoms with Crippen LogP contribution in [-0.4, -0.2) is 65.3 Å². The molecule has 1 atom stereocenters. The van der Waals surface area contributed by atoms with Crippen LogP contribution in [0.3, 0.4) is 0 Å². The molecule has 1 N–H and O–H groups in total. The van der Waals surface area contributed by atoms with E-state index in [1.807, 2.05) is 21.6 Å². The van der Waals surface area contributed by atoms with Gasteiger partial charge in [-0.1, -0.05) is 34.8 Å². The second-order valence-corrected chi connectivity index (χ2v) is 8.83. The maximum absolute atomic E-state index is 12.8. The van der Waals surface area contributed by atoms with Crippen molar-refractivity contribution >= 4 is 64.1 Å². The first-order chi connectivity index (χ1) is 12.5. The van der Waals surface area contributed by atoms with Crippen LogP contribution in [0.1, 0.15) is 12.8 Å². The second-order valence-electron chi connectivity index (χ2n) is 6.36. The molecule has 2 amide bonds. The third-order valence-electron chi connectivity index (χ3n) is 4.59. The molecule has 2 aliphatic rings. The number of hydrogen-bond acceptors (Lipinski definition) is 4. The van der Waals surface area contributed by atoms with Crippen LogP contribution in [0.25, 0.3) is 0 Å². The number of carbonyl (C=O) groups excluding carboxylic acids is 2. The van der Waals surface area contributed by atoms with Crippen LogP contribution < -0.4 is 5.32 Å². The summed E-state index contributed by atoms with van der Waals surface area (Å²) in [6, 6.07) is 2.84. The summed E-state index contributed by atoms with van der Waals surface area (Å²) >= 11 is 20.0. The number of nitrogens with zero attached hydrogens (tertiary/aromatic N) is 2. The van der Waals surface area contributed by atoms with Crippen molar-refractivity contribution in [2.45, 2.75) is 18.9 Å². The van der Waals surface area contributed by atoms with Crippen LogP contribution in [0.2, 0.25) is 15.1 Å². The summed E-state index contributed by atoms with van der Waals surface area (Å²) in [5.74, 6) is 1.85. The Balaban J connectivity index is 1.62. The van der Waals surface area contributed by atoms with Crippen molar-refractivity contribution in [3.63, 3.8) is 0 Å². The quantitative estimate of drug-likeness (QED) is 0.783. The zero-order chi connectivity index (χ0) is 18.7. The van der Waals surface area contributed by atoms with Gasteiger partial charge in [0.1, 0.15) is 0 Å². The van der Waals surface area contributed by atoms with Crippen molar-refractivity contribution in [2.24, 2.45) is 0 Å². The van der Waals surface area contributed by atoms with E-state index in [2.05, 4.69) is 5.32 Å². The second kappa shape index (κ2) is 9.02. The maximum Gasteiger partial charge on any atom is 0.239 e. The minimum absolute atomic E-state index is 0.133. The average Bonchev–Trinajstić information content (AvgIpc) is 3.06. The van der Waals surface area contributed by atoms with Gasteiger partial charge in [-0.15, -0.1) is 0 Å². The van der Waals surface area contributed by atoms with Crippen LogP contribution in [0, 0.1) is 0 Å². The van der Waals surface area contributed by atoms with E-state index in [0.29, 0.717) is 10.7 Å². The summed E-state index contributed by atoms with van der Waals surface area (Å²) in [7, 11) is 0. The molecule has 2 aliphatic heterocycles. The molecule has 1 aromatic carbocycles. The number of rotatable bonds is 4. The smallest absolute Gasteiger partial charge is 0.239 e. The topological polar surface area (TPSA) is 52.7 Å². The summed E-state index contributed by atoms with van der Waals surface area (Å²) in [6.45, 7) is 2.44. The van der Waals surface area contributed by atoms with E-state index in [1.54, 1.807) is 0 Å². The highest BCUT2D eigenvalue weighted by Gasteiger charge is 2.35. The monoisotopic (exact) mass is 435 g/mol. The van der Waals surface area contributed by atoms with Gasteiger partial charge in [0.25, 0.3) is 0 Å². The Kier molecular flexibility index (Phi) is 6.97. The molecular formula is C17H20Cl3N3O2S. The number of likely N-dealkylation sites (tertiary alicyclic amines) is 1. The van der Waals surface area contributed by atoms with Crippen molar-refractivity contribution in [3.05, 3.63) is 27.2 Å². The molecule has 9 heteroatoms. The summed E-state index contributed by atoms with van der Waals surface area (Å²) in [5.41, 5.74) is 0.345. The zero-order valence-corrected chi connectivity index (χ0v) is 17.2. The molecule has 2 saturated heterocycles. The molecular weight excluding hydrogens is 417 g/mol. The van der Waals surface area contributed by atoms with Gasteiger partial charge in [-0.05, 0) is 31.5 Å². The molecule has 3 rings (SSSR count). The zero-order valence-electron chi connectivity index (χ0n) is 14.1. The van der Waals surface area contributed by atoms with Crippen molar-refractivity contribution < 1.29 is 9.59 Å². The molecule has 26 heavy (non-hydrogen) atoms. The molecule has 5 nitrogen and oxygen atoms in total. The lowest BCUT2D eigenvalue weighted by Crippen LogP contribution is -2.49. The molecule has 0 aliphatic carbocycles. The van der Waals surface area contributed by atoms with E-state index in [4.69, 9.17) is 34.8 Å². The van der Waals surface area contributed by atoms with Crippen LogP contribution in [-0.2, 0) is 9.59 Å². The van der Waals surface area contributed by atoms with Crippen molar-refractivity contribution in [3.8, 4) is 0 Å². The molecule has 1 aromatic rings. The predicted molar refractivity (Wildman–Crippen MR) is 109 cm³/mol.